The van der Waals surface area contributed by atoms with Gasteiger partial charge >= 0.3 is 0 Å². The fraction of sp³-hybridized carbons (Fsp3) is 0.0294. The molecule has 0 aliphatic carbocycles. The van der Waals surface area contributed by atoms with Crippen LogP contribution in [0.5, 0.6) is 0 Å². The van der Waals surface area contributed by atoms with E-state index in [2.05, 4.69) is 278 Å². The van der Waals surface area contributed by atoms with Crippen LogP contribution >= 0.6 is 0 Å². The second-order valence-corrected chi connectivity index (χ2v) is 18.6. The SMILES string of the molecule is Cc1cc(N(c2ccccc2)c2ccc(-n3c4ccc(-c5ccccc5)cc4c4cc(-c5ccccc5)ccc43)cc2)c(C)cc1-c1c2ccccc2c(-c2ccc3ccccc3c2)c2ccccc12. The van der Waals surface area contributed by atoms with Crippen molar-refractivity contribution in [3.8, 4) is 50.2 Å². The smallest absolute Gasteiger partial charge is 0.0541 e. The van der Waals surface area contributed by atoms with Gasteiger partial charge in [-0.05, 0) is 181 Å². The van der Waals surface area contributed by atoms with E-state index in [-0.39, 0.29) is 0 Å². The van der Waals surface area contributed by atoms with Gasteiger partial charge in [0.05, 0.1) is 11.0 Å². The minimum Gasteiger partial charge on any atom is -0.310 e. The van der Waals surface area contributed by atoms with Crippen LogP contribution in [0.4, 0.5) is 17.1 Å². The molecule has 70 heavy (non-hydrogen) atoms. The topological polar surface area (TPSA) is 8.17 Å². The molecule has 0 aliphatic heterocycles. The van der Waals surface area contributed by atoms with Crippen molar-refractivity contribution in [2.24, 2.45) is 0 Å². The summed E-state index contributed by atoms with van der Waals surface area (Å²) in [5, 5.41) is 10.0. The number of aromatic nitrogens is 1. The summed E-state index contributed by atoms with van der Waals surface area (Å²) >= 11 is 0. The van der Waals surface area contributed by atoms with Crippen molar-refractivity contribution < 1.29 is 0 Å². The molecule has 2 nitrogen and oxygen atoms in total. The highest BCUT2D eigenvalue weighted by Gasteiger charge is 2.22. The molecule has 0 saturated heterocycles. The quantitative estimate of drug-likeness (QED) is 0.138. The molecular weight excluding hydrogens is 845 g/mol. The standard InChI is InChI=1S/C68H48N2/c1-45-41-66(46(2)40-61(45)68-59-28-16-14-26-57(59)67(58-27-15-17-29-60(58)68)53-31-30-49-22-12-13-23-50(49)42-53)69(54-24-10-5-11-25-54)55-34-36-56(37-35-55)70-64-38-32-51(47-18-6-3-7-19-47)43-62(64)63-44-52(33-39-65(63)70)48-20-8-4-9-21-48/h3-44H,1-2H3. The number of fused-ring (bicyclic) bond motifs is 6. The highest BCUT2D eigenvalue weighted by atomic mass is 15.1. The van der Waals surface area contributed by atoms with E-state index in [0.29, 0.717) is 0 Å². The normalized spacial score (nSPS) is 11.6. The van der Waals surface area contributed by atoms with Crippen LogP contribution in [0.3, 0.4) is 0 Å². The van der Waals surface area contributed by atoms with Crippen molar-refractivity contribution in [2.45, 2.75) is 13.8 Å². The molecule has 12 aromatic carbocycles. The van der Waals surface area contributed by atoms with Gasteiger partial charge in [-0.2, -0.15) is 0 Å². The van der Waals surface area contributed by atoms with Gasteiger partial charge in [0.25, 0.3) is 0 Å². The van der Waals surface area contributed by atoms with E-state index < -0.39 is 0 Å². The molecule has 13 rings (SSSR count). The average Bonchev–Trinajstić information content (AvgIpc) is 3.75. The first-order valence-corrected chi connectivity index (χ1v) is 24.2. The second-order valence-electron chi connectivity index (χ2n) is 18.6. The van der Waals surface area contributed by atoms with Crippen molar-refractivity contribution in [2.75, 3.05) is 4.90 Å². The minimum atomic E-state index is 1.10. The lowest BCUT2D eigenvalue weighted by atomic mass is 9.84. The third-order valence-electron chi connectivity index (χ3n) is 14.4. The second kappa shape index (κ2) is 17.0. The number of nitrogens with zero attached hydrogens (tertiary/aromatic N) is 2. The first kappa shape index (κ1) is 41.2. The van der Waals surface area contributed by atoms with Crippen LogP contribution in [0.1, 0.15) is 11.1 Å². The summed E-state index contributed by atoms with van der Waals surface area (Å²) in [6.07, 6.45) is 0. The predicted molar refractivity (Wildman–Crippen MR) is 299 cm³/mol. The minimum absolute atomic E-state index is 1.10. The van der Waals surface area contributed by atoms with Crippen molar-refractivity contribution in [3.63, 3.8) is 0 Å². The van der Waals surface area contributed by atoms with Gasteiger partial charge in [-0.3, -0.25) is 0 Å². The van der Waals surface area contributed by atoms with Gasteiger partial charge in [-0.1, -0.05) is 176 Å². The van der Waals surface area contributed by atoms with E-state index in [1.54, 1.807) is 0 Å². The summed E-state index contributed by atoms with van der Waals surface area (Å²) in [6, 6.07) is 93.5. The molecule has 330 valence electrons. The molecule has 0 amide bonds. The third-order valence-corrected chi connectivity index (χ3v) is 14.4. The molecule has 0 atom stereocenters. The van der Waals surface area contributed by atoms with Gasteiger partial charge in [-0.25, -0.2) is 0 Å². The molecule has 0 aliphatic rings. The van der Waals surface area contributed by atoms with Crippen LogP contribution in [0.2, 0.25) is 0 Å². The van der Waals surface area contributed by atoms with E-state index in [9.17, 15) is 0 Å². The highest BCUT2D eigenvalue weighted by Crippen LogP contribution is 2.47. The van der Waals surface area contributed by atoms with Crippen LogP contribution in [0, 0.1) is 13.8 Å². The Bertz CT molecular complexity index is 3960. The van der Waals surface area contributed by atoms with Gasteiger partial charge < -0.3 is 9.47 Å². The summed E-state index contributed by atoms with van der Waals surface area (Å²) < 4.78 is 2.43. The number of aryl methyl sites for hydroxylation is 2. The first-order valence-electron chi connectivity index (χ1n) is 24.2. The Morgan fingerprint density at radius 1 is 0.300 bits per heavy atom. The summed E-state index contributed by atoms with van der Waals surface area (Å²) in [6.45, 7) is 4.54. The maximum atomic E-state index is 2.43. The van der Waals surface area contributed by atoms with Crippen molar-refractivity contribution >= 4 is 71.2 Å². The number of hydrogen-bond acceptors (Lipinski definition) is 1. The molecule has 1 heterocycles. The fourth-order valence-corrected chi connectivity index (χ4v) is 11.1. The zero-order valence-corrected chi connectivity index (χ0v) is 39.1. The van der Waals surface area contributed by atoms with Gasteiger partial charge in [0.2, 0.25) is 0 Å². The zero-order chi connectivity index (χ0) is 46.7. The third kappa shape index (κ3) is 6.95. The maximum absolute atomic E-state index is 2.43. The van der Waals surface area contributed by atoms with Crippen molar-refractivity contribution in [1.29, 1.82) is 0 Å². The molecule has 1 aromatic heterocycles. The number of anilines is 3. The summed E-state index contributed by atoms with van der Waals surface area (Å²) in [5.74, 6) is 0. The summed E-state index contributed by atoms with van der Waals surface area (Å²) in [7, 11) is 0. The Balaban J connectivity index is 0.940. The summed E-state index contributed by atoms with van der Waals surface area (Å²) in [4.78, 5) is 2.42. The summed E-state index contributed by atoms with van der Waals surface area (Å²) in [5.41, 5.74) is 19.1. The average molecular weight is 893 g/mol. The zero-order valence-electron chi connectivity index (χ0n) is 39.1. The molecule has 0 bridgehead atoms. The van der Waals surface area contributed by atoms with Gasteiger partial charge in [-0.15, -0.1) is 0 Å². The van der Waals surface area contributed by atoms with Crippen LogP contribution in [0.15, 0.2) is 255 Å². The molecule has 0 spiro atoms. The first-order chi connectivity index (χ1) is 34.6. The molecular formula is C68H48N2. The lowest BCUT2D eigenvalue weighted by Crippen LogP contribution is -2.12. The number of hydrogen-bond donors (Lipinski definition) is 0. The number of para-hydroxylation sites is 1. The Labute approximate surface area is 408 Å². The van der Waals surface area contributed by atoms with E-state index in [1.807, 2.05) is 0 Å². The van der Waals surface area contributed by atoms with E-state index in [4.69, 9.17) is 0 Å². The predicted octanol–water partition coefficient (Wildman–Crippen LogP) is 19.0. The number of benzene rings is 12. The molecule has 0 fully saturated rings. The maximum Gasteiger partial charge on any atom is 0.0541 e. The fourth-order valence-electron chi connectivity index (χ4n) is 11.1. The van der Waals surface area contributed by atoms with Gasteiger partial charge in [0.1, 0.15) is 0 Å². The van der Waals surface area contributed by atoms with Crippen LogP contribution < -0.4 is 4.90 Å². The van der Waals surface area contributed by atoms with Gasteiger partial charge in [0.15, 0.2) is 0 Å². The monoisotopic (exact) mass is 892 g/mol. The number of rotatable bonds is 8. The molecule has 0 saturated carbocycles. The highest BCUT2D eigenvalue weighted by molar-refractivity contribution is 6.22. The Hall–Kier alpha value is -8.98. The van der Waals surface area contributed by atoms with E-state index >= 15 is 0 Å². The lowest BCUT2D eigenvalue weighted by Gasteiger charge is -2.29. The van der Waals surface area contributed by atoms with Crippen LogP contribution in [-0.4, -0.2) is 4.57 Å². The molecule has 2 heteroatoms. The van der Waals surface area contributed by atoms with E-state index in [1.165, 1.54) is 110 Å². The van der Waals surface area contributed by atoms with Crippen LogP contribution in [0.25, 0.3) is 104 Å². The van der Waals surface area contributed by atoms with Gasteiger partial charge in [0, 0.05) is 33.5 Å². The Morgan fingerprint density at radius 3 is 1.34 bits per heavy atom. The van der Waals surface area contributed by atoms with Crippen molar-refractivity contribution in [3.05, 3.63) is 266 Å². The Morgan fingerprint density at radius 2 is 0.771 bits per heavy atom. The molecule has 0 radical (unpaired) electrons. The largest absolute Gasteiger partial charge is 0.310 e. The Kier molecular flexibility index (Phi) is 9.99. The van der Waals surface area contributed by atoms with Crippen LogP contribution in [-0.2, 0) is 0 Å². The van der Waals surface area contributed by atoms with E-state index in [0.717, 1.165) is 22.7 Å². The lowest BCUT2D eigenvalue weighted by molar-refractivity contribution is 1.17. The van der Waals surface area contributed by atoms with Crippen molar-refractivity contribution in [1.82, 2.24) is 4.57 Å². The molecule has 0 N–H and O–H groups in total. The molecule has 0 unspecified atom stereocenters. The molecule has 13 aromatic rings.